The fraction of sp³-hybridized carbons (Fsp3) is 0.182. The van der Waals surface area contributed by atoms with Gasteiger partial charge in [-0.2, -0.15) is 0 Å². The number of carboxylic acids is 1. The maximum Gasteiger partial charge on any atom is 0.339 e. The van der Waals surface area contributed by atoms with Gasteiger partial charge in [-0.3, -0.25) is 0 Å². The molecular weight excluding hydrogens is 344 g/mol. The van der Waals surface area contributed by atoms with Crippen LogP contribution in [0.3, 0.4) is 0 Å². The molecule has 1 atom stereocenters. The van der Waals surface area contributed by atoms with Crippen LogP contribution in [-0.2, 0) is 9.47 Å². The largest absolute Gasteiger partial charge is 0.498 e. The van der Waals surface area contributed by atoms with Crippen LogP contribution in [0, 0.1) is 0 Å². The van der Waals surface area contributed by atoms with E-state index in [1.807, 2.05) is 19.1 Å². The van der Waals surface area contributed by atoms with Gasteiger partial charge in [-0.05, 0) is 35.8 Å². The van der Waals surface area contributed by atoms with Gasteiger partial charge in [0.05, 0.1) is 17.4 Å². The van der Waals surface area contributed by atoms with Crippen LogP contribution < -0.4 is 0 Å². The zero-order valence-corrected chi connectivity index (χ0v) is 14.9. The minimum atomic E-state index is -1.16. The van der Waals surface area contributed by atoms with Crippen molar-refractivity contribution in [1.82, 2.24) is 0 Å². The summed E-state index contributed by atoms with van der Waals surface area (Å²) in [6.45, 7) is 2.22. The van der Waals surface area contributed by atoms with Crippen LogP contribution in [0.15, 0.2) is 66.4 Å². The van der Waals surface area contributed by atoms with E-state index in [2.05, 4.69) is 24.3 Å². The molecule has 0 fully saturated rings. The predicted octanol–water partition coefficient (Wildman–Crippen LogP) is 4.27. The highest BCUT2D eigenvalue weighted by atomic mass is 16.6. The van der Waals surface area contributed by atoms with Gasteiger partial charge in [0.25, 0.3) is 0 Å². The number of ether oxygens (including phenoxy) is 2. The van der Waals surface area contributed by atoms with E-state index in [9.17, 15) is 9.59 Å². The number of hydrogen-bond acceptors (Lipinski definition) is 4. The molecule has 0 saturated carbocycles. The number of fused-ring (bicyclic) bond motifs is 1. The third-order valence-electron chi connectivity index (χ3n) is 4.37. The third-order valence-corrected chi connectivity index (χ3v) is 4.37. The Balaban J connectivity index is 1.50. The average molecular weight is 364 g/mol. The lowest BCUT2D eigenvalue weighted by Crippen LogP contribution is -2.14. The van der Waals surface area contributed by atoms with Crippen molar-refractivity contribution in [2.45, 2.75) is 12.8 Å². The van der Waals surface area contributed by atoms with E-state index in [1.165, 1.54) is 23.3 Å². The molecule has 3 rings (SSSR count). The summed E-state index contributed by atoms with van der Waals surface area (Å²) in [6, 6.07) is 14.2. The SMILES string of the molecule is CC(=COCCOC(=O)c1ccccc1C(=O)O)C1C=Cc2ccccc21. The topological polar surface area (TPSA) is 72.8 Å². The van der Waals surface area contributed by atoms with Gasteiger partial charge < -0.3 is 14.6 Å². The standard InChI is InChI=1S/C22H20O5/c1-15(17-11-10-16-6-2-3-7-18(16)17)14-26-12-13-27-22(25)20-9-5-4-8-19(20)21(23)24/h2-11,14,17H,12-13H2,1H3,(H,23,24). The molecule has 27 heavy (non-hydrogen) atoms. The second-order valence-electron chi connectivity index (χ2n) is 6.19. The van der Waals surface area contributed by atoms with Crippen molar-refractivity contribution in [3.8, 4) is 0 Å². The normalized spacial score (nSPS) is 15.3. The smallest absolute Gasteiger partial charge is 0.339 e. The highest BCUT2D eigenvalue weighted by molar-refractivity contribution is 6.02. The highest BCUT2D eigenvalue weighted by Gasteiger charge is 2.18. The van der Waals surface area contributed by atoms with Crippen LogP contribution in [0.1, 0.15) is 44.7 Å². The van der Waals surface area contributed by atoms with E-state index in [0.717, 1.165) is 5.57 Å². The summed E-state index contributed by atoms with van der Waals surface area (Å²) < 4.78 is 10.6. The molecule has 0 radical (unpaired) electrons. The summed E-state index contributed by atoms with van der Waals surface area (Å²) in [5.74, 6) is -1.65. The van der Waals surface area contributed by atoms with Gasteiger partial charge in [0.2, 0.25) is 0 Å². The number of carbonyl (C=O) groups excluding carboxylic acids is 1. The second-order valence-corrected chi connectivity index (χ2v) is 6.19. The molecule has 138 valence electrons. The van der Waals surface area contributed by atoms with E-state index in [0.29, 0.717) is 0 Å². The van der Waals surface area contributed by atoms with Gasteiger partial charge in [-0.15, -0.1) is 0 Å². The zero-order valence-electron chi connectivity index (χ0n) is 14.9. The molecular formula is C22H20O5. The number of hydrogen-bond donors (Lipinski definition) is 1. The van der Waals surface area contributed by atoms with Crippen molar-refractivity contribution in [2.24, 2.45) is 0 Å². The predicted molar refractivity (Wildman–Crippen MR) is 102 cm³/mol. The molecule has 1 aliphatic carbocycles. The first-order valence-electron chi connectivity index (χ1n) is 8.63. The van der Waals surface area contributed by atoms with Gasteiger partial charge in [0.15, 0.2) is 0 Å². The Bertz CT molecular complexity index is 910. The molecule has 0 aliphatic heterocycles. The molecule has 0 bridgehead atoms. The van der Waals surface area contributed by atoms with Crippen LogP contribution in [0.5, 0.6) is 0 Å². The van der Waals surface area contributed by atoms with Crippen LogP contribution in [-0.4, -0.2) is 30.3 Å². The van der Waals surface area contributed by atoms with Gasteiger partial charge >= 0.3 is 11.9 Å². The first-order chi connectivity index (χ1) is 13.1. The van der Waals surface area contributed by atoms with Crippen molar-refractivity contribution in [1.29, 1.82) is 0 Å². The Kier molecular flexibility index (Phi) is 5.71. The van der Waals surface area contributed by atoms with Crippen molar-refractivity contribution in [3.63, 3.8) is 0 Å². The zero-order chi connectivity index (χ0) is 19.2. The molecule has 0 amide bonds. The van der Waals surface area contributed by atoms with E-state index in [-0.39, 0.29) is 30.3 Å². The Morgan fingerprint density at radius 2 is 1.74 bits per heavy atom. The lowest BCUT2D eigenvalue weighted by atomic mass is 9.95. The molecule has 5 nitrogen and oxygen atoms in total. The summed E-state index contributed by atoms with van der Waals surface area (Å²) in [5, 5.41) is 9.11. The van der Waals surface area contributed by atoms with E-state index in [4.69, 9.17) is 14.6 Å². The van der Waals surface area contributed by atoms with E-state index >= 15 is 0 Å². The Hall–Kier alpha value is -3.34. The van der Waals surface area contributed by atoms with Crippen LogP contribution in [0.4, 0.5) is 0 Å². The number of benzene rings is 2. The fourth-order valence-corrected chi connectivity index (χ4v) is 3.02. The van der Waals surface area contributed by atoms with E-state index in [1.54, 1.807) is 18.4 Å². The molecule has 5 heteroatoms. The summed E-state index contributed by atoms with van der Waals surface area (Å²) in [6.07, 6.45) is 5.90. The Morgan fingerprint density at radius 3 is 2.52 bits per heavy atom. The summed E-state index contributed by atoms with van der Waals surface area (Å²) in [4.78, 5) is 23.2. The average Bonchev–Trinajstić information content (AvgIpc) is 3.11. The molecule has 1 unspecified atom stereocenters. The first kappa shape index (κ1) is 18.5. The molecule has 0 aromatic heterocycles. The van der Waals surface area contributed by atoms with Crippen LogP contribution >= 0.6 is 0 Å². The molecule has 1 N–H and O–H groups in total. The molecule has 0 saturated heterocycles. The summed E-state index contributed by atoms with van der Waals surface area (Å²) in [5.41, 5.74) is 3.46. The Morgan fingerprint density at radius 1 is 1.04 bits per heavy atom. The molecule has 2 aromatic carbocycles. The number of rotatable bonds is 7. The molecule has 1 aliphatic rings. The maximum absolute atomic E-state index is 12.0. The molecule has 0 spiro atoms. The fourth-order valence-electron chi connectivity index (χ4n) is 3.02. The number of carboxylic acid groups (broad SMARTS) is 1. The number of aromatic carboxylic acids is 1. The van der Waals surface area contributed by atoms with E-state index < -0.39 is 11.9 Å². The third kappa shape index (κ3) is 4.26. The monoisotopic (exact) mass is 364 g/mol. The number of esters is 1. The first-order valence-corrected chi connectivity index (χ1v) is 8.63. The number of allylic oxidation sites excluding steroid dienone is 2. The lowest BCUT2D eigenvalue weighted by molar-refractivity contribution is 0.0412. The molecule has 0 heterocycles. The minimum Gasteiger partial charge on any atom is -0.498 e. The summed E-state index contributed by atoms with van der Waals surface area (Å²) in [7, 11) is 0. The van der Waals surface area contributed by atoms with Gasteiger partial charge in [0.1, 0.15) is 13.2 Å². The van der Waals surface area contributed by atoms with Crippen LogP contribution in [0.25, 0.3) is 6.08 Å². The second kappa shape index (κ2) is 8.36. The van der Waals surface area contributed by atoms with Gasteiger partial charge in [0, 0.05) is 5.92 Å². The highest BCUT2D eigenvalue weighted by Crippen LogP contribution is 2.34. The molecule has 2 aromatic rings. The van der Waals surface area contributed by atoms with Crippen molar-refractivity contribution in [3.05, 3.63) is 88.7 Å². The Labute approximate surface area is 157 Å². The van der Waals surface area contributed by atoms with Crippen LogP contribution in [0.2, 0.25) is 0 Å². The lowest BCUT2D eigenvalue weighted by Gasteiger charge is -2.12. The van der Waals surface area contributed by atoms with Crippen molar-refractivity contribution < 1.29 is 24.2 Å². The van der Waals surface area contributed by atoms with Crippen molar-refractivity contribution >= 4 is 18.0 Å². The number of carbonyl (C=O) groups is 2. The summed E-state index contributed by atoms with van der Waals surface area (Å²) >= 11 is 0. The van der Waals surface area contributed by atoms with Gasteiger partial charge in [-0.25, -0.2) is 9.59 Å². The van der Waals surface area contributed by atoms with Crippen molar-refractivity contribution in [2.75, 3.05) is 13.2 Å². The maximum atomic E-state index is 12.0. The minimum absolute atomic E-state index is 0.0319. The van der Waals surface area contributed by atoms with Gasteiger partial charge in [-0.1, -0.05) is 48.6 Å². The quantitative estimate of drug-likeness (QED) is 0.451.